The molecule has 10 nitrogen and oxygen atoms in total. The summed E-state index contributed by atoms with van der Waals surface area (Å²) in [4.78, 5) is 29.0. The van der Waals surface area contributed by atoms with Crippen LogP contribution in [0.4, 0.5) is 46.0 Å². The number of H-pyrrole nitrogens is 2. The summed E-state index contributed by atoms with van der Waals surface area (Å²) < 4.78 is 0.725. The summed E-state index contributed by atoms with van der Waals surface area (Å²) in [6.45, 7) is 0. The molecule has 2 heterocycles. The first-order valence-electron chi connectivity index (χ1n) is 16.2. The number of aromatic nitrogens is 6. The quantitative estimate of drug-likeness (QED) is 0.0481. The molecule has 7 aromatic rings. The number of nitrogens with zero attached hydrogens (tertiary/aromatic N) is 6. The van der Waals surface area contributed by atoms with E-state index in [1.165, 1.54) is 23.5 Å². The Labute approximate surface area is 319 Å². The Morgan fingerprint density at radius 1 is 0.442 bits per heavy atom. The van der Waals surface area contributed by atoms with Gasteiger partial charge in [0.2, 0.25) is 21.4 Å². The lowest BCUT2D eigenvalue weighted by atomic mass is 10.2. The Hall–Kier alpha value is -5.54. The standard InChI is InChI=1S/C38H32N10S4/c49-35-41-33(47(29-13-5-1-6-14-29)30-15-7-2-8-16-30)43-37(45-35)51-25-39-27-21-23-28(24-22-27)40-26-52-38-44-34(42-36(50)46-38)48(31-17-9-3-10-18-31)32-19-11-4-12-20-32/h1-24,39-40H,25-26H2,(H,41,43,45,49)(H,42,44,46,50). The molecule has 7 rings (SSSR count). The van der Waals surface area contributed by atoms with Gasteiger partial charge < -0.3 is 20.6 Å². The van der Waals surface area contributed by atoms with Crippen molar-refractivity contribution >= 4 is 94.0 Å². The van der Waals surface area contributed by atoms with Gasteiger partial charge in [-0.3, -0.25) is 9.80 Å². The third-order valence-corrected chi connectivity index (χ3v) is 9.40. The zero-order chi connectivity index (χ0) is 35.5. The molecule has 0 radical (unpaired) electrons. The molecule has 0 unspecified atom stereocenters. The number of hydrogen-bond donors (Lipinski definition) is 4. The van der Waals surface area contributed by atoms with Gasteiger partial charge in [0.15, 0.2) is 10.3 Å². The molecule has 0 aliphatic heterocycles. The van der Waals surface area contributed by atoms with Gasteiger partial charge in [0.05, 0.1) is 11.8 Å². The number of anilines is 8. The van der Waals surface area contributed by atoms with Crippen LogP contribution in [-0.2, 0) is 0 Å². The Balaban J connectivity index is 0.962. The van der Waals surface area contributed by atoms with Crippen molar-refractivity contribution in [2.75, 3.05) is 32.2 Å². The van der Waals surface area contributed by atoms with Crippen molar-refractivity contribution in [2.24, 2.45) is 0 Å². The van der Waals surface area contributed by atoms with Crippen LogP contribution in [0.5, 0.6) is 0 Å². The van der Waals surface area contributed by atoms with Crippen LogP contribution in [0.15, 0.2) is 156 Å². The molecule has 2 aromatic heterocycles. The fourth-order valence-corrected chi connectivity index (χ4v) is 7.04. The average Bonchev–Trinajstić information content (AvgIpc) is 3.17. The van der Waals surface area contributed by atoms with E-state index in [-0.39, 0.29) is 0 Å². The van der Waals surface area contributed by atoms with E-state index in [9.17, 15) is 0 Å². The first-order valence-corrected chi connectivity index (χ1v) is 19.0. The van der Waals surface area contributed by atoms with Gasteiger partial charge in [0, 0.05) is 34.1 Å². The van der Waals surface area contributed by atoms with Crippen LogP contribution >= 0.6 is 48.0 Å². The van der Waals surface area contributed by atoms with Crippen LogP contribution in [0.1, 0.15) is 0 Å². The fraction of sp³-hybridized carbons (Fsp3) is 0.0526. The van der Waals surface area contributed by atoms with E-state index >= 15 is 0 Å². The van der Waals surface area contributed by atoms with Crippen LogP contribution in [0.2, 0.25) is 0 Å². The second kappa shape index (κ2) is 17.1. The predicted octanol–water partition coefficient (Wildman–Crippen LogP) is 10.6. The fourth-order valence-electron chi connectivity index (χ4n) is 5.22. The molecule has 0 aliphatic rings. The maximum absolute atomic E-state index is 5.50. The molecule has 0 aliphatic carbocycles. The number of rotatable bonds is 14. The van der Waals surface area contributed by atoms with Crippen molar-refractivity contribution in [3.63, 3.8) is 0 Å². The molecule has 14 heteroatoms. The van der Waals surface area contributed by atoms with Crippen molar-refractivity contribution in [2.45, 2.75) is 10.3 Å². The highest BCUT2D eigenvalue weighted by molar-refractivity contribution is 7.99. The molecule has 258 valence electrons. The molecule has 0 saturated heterocycles. The Kier molecular flexibility index (Phi) is 11.5. The topological polar surface area (TPSA) is 114 Å². The summed E-state index contributed by atoms with van der Waals surface area (Å²) in [5.74, 6) is 2.29. The Morgan fingerprint density at radius 2 is 0.750 bits per heavy atom. The van der Waals surface area contributed by atoms with Crippen LogP contribution in [0.25, 0.3) is 0 Å². The van der Waals surface area contributed by atoms with E-state index < -0.39 is 0 Å². The molecule has 0 fully saturated rings. The zero-order valence-electron chi connectivity index (χ0n) is 27.6. The summed E-state index contributed by atoms with van der Waals surface area (Å²) in [5.41, 5.74) is 5.77. The van der Waals surface area contributed by atoms with E-state index in [1.54, 1.807) is 0 Å². The molecule has 0 atom stereocenters. The molecular formula is C38H32N10S4. The van der Waals surface area contributed by atoms with E-state index in [4.69, 9.17) is 34.4 Å². The molecule has 5 aromatic carbocycles. The summed E-state index contributed by atoms with van der Waals surface area (Å²) in [6, 6.07) is 48.3. The molecule has 4 N–H and O–H groups in total. The summed E-state index contributed by atoms with van der Waals surface area (Å²) in [7, 11) is 0. The number of para-hydroxylation sites is 4. The lowest BCUT2D eigenvalue weighted by Crippen LogP contribution is -2.14. The van der Waals surface area contributed by atoms with Gasteiger partial charge in [-0.1, -0.05) is 96.3 Å². The first kappa shape index (κ1) is 34.9. The zero-order valence-corrected chi connectivity index (χ0v) is 30.9. The van der Waals surface area contributed by atoms with Gasteiger partial charge in [-0.15, -0.1) is 0 Å². The van der Waals surface area contributed by atoms with Gasteiger partial charge in [-0.05, 0) is 97.2 Å². The number of aromatic amines is 2. The first-order chi connectivity index (χ1) is 25.6. The van der Waals surface area contributed by atoms with Gasteiger partial charge in [-0.25, -0.2) is 0 Å². The molecule has 0 spiro atoms. The van der Waals surface area contributed by atoms with E-state index in [0.717, 1.165) is 34.1 Å². The van der Waals surface area contributed by atoms with Crippen molar-refractivity contribution in [3.05, 3.63) is 155 Å². The SMILES string of the molecule is S=c1nc(SCNc2ccc(NCSc3nc(N(c4ccccc4)c4ccccc4)[nH]c(=S)n3)cc2)nc(N(c2ccccc2)c2ccccc2)[nH]1. The number of benzene rings is 5. The smallest absolute Gasteiger partial charge is 0.216 e. The Bertz CT molecular complexity index is 2070. The number of nitrogens with one attached hydrogen (secondary N) is 4. The number of hydrogen-bond acceptors (Lipinski definition) is 12. The monoisotopic (exact) mass is 756 g/mol. The maximum Gasteiger partial charge on any atom is 0.216 e. The highest BCUT2D eigenvalue weighted by Crippen LogP contribution is 2.34. The van der Waals surface area contributed by atoms with Gasteiger partial charge in [0.1, 0.15) is 0 Å². The van der Waals surface area contributed by atoms with E-state index in [1.807, 2.05) is 155 Å². The normalized spacial score (nSPS) is 10.8. The van der Waals surface area contributed by atoms with E-state index in [2.05, 4.69) is 30.6 Å². The lowest BCUT2D eigenvalue weighted by Gasteiger charge is -2.23. The highest BCUT2D eigenvalue weighted by Gasteiger charge is 2.17. The van der Waals surface area contributed by atoms with Gasteiger partial charge in [0.25, 0.3) is 0 Å². The van der Waals surface area contributed by atoms with Crippen LogP contribution in [-0.4, -0.2) is 41.7 Å². The second-order valence-corrected chi connectivity index (χ2v) is 13.7. The molecule has 0 bridgehead atoms. The summed E-state index contributed by atoms with van der Waals surface area (Å²) >= 11 is 14.0. The third kappa shape index (κ3) is 9.03. The van der Waals surface area contributed by atoms with Crippen molar-refractivity contribution < 1.29 is 0 Å². The molecule has 0 saturated carbocycles. The van der Waals surface area contributed by atoms with Crippen molar-refractivity contribution in [3.8, 4) is 0 Å². The minimum absolute atomic E-state index is 0.363. The number of thioether (sulfide) groups is 2. The minimum atomic E-state index is 0.363. The van der Waals surface area contributed by atoms with E-state index in [0.29, 0.717) is 43.5 Å². The maximum atomic E-state index is 5.50. The van der Waals surface area contributed by atoms with Crippen LogP contribution in [0.3, 0.4) is 0 Å². The summed E-state index contributed by atoms with van der Waals surface area (Å²) in [5, 5.41) is 8.01. The Morgan fingerprint density at radius 3 is 1.06 bits per heavy atom. The summed E-state index contributed by atoms with van der Waals surface area (Å²) in [6.07, 6.45) is 0. The van der Waals surface area contributed by atoms with Gasteiger partial charge >= 0.3 is 0 Å². The third-order valence-electron chi connectivity index (χ3n) is 7.56. The van der Waals surface area contributed by atoms with Crippen molar-refractivity contribution in [1.29, 1.82) is 0 Å². The lowest BCUT2D eigenvalue weighted by molar-refractivity contribution is 0.876. The van der Waals surface area contributed by atoms with Gasteiger partial charge in [-0.2, -0.15) is 19.9 Å². The minimum Gasteiger partial charge on any atom is -0.376 e. The second-order valence-electron chi connectivity index (χ2n) is 11.0. The van der Waals surface area contributed by atoms with Crippen LogP contribution in [0, 0.1) is 9.54 Å². The average molecular weight is 757 g/mol. The molecule has 0 amide bonds. The van der Waals surface area contributed by atoms with Crippen molar-refractivity contribution in [1.82, 2.24) is 29.9 Å². The predicted molar refractivity (Wildman–Crippen MR) is 219 cm³/mol. The largest absolute Gasteiger partial charge is 0.376 e. The molecular weight excluding hydrogens is 725 g/mol. The van der Waals surface area contributed by atoms with Crippen LogP contribution < -0.4 is 20.4 Å². The molecule has 52 heavy (non-hydrogen) atoms. The highest BCUT2D eigenvalue weighted by atomic mass is 32.2.